The minimum absolute atomic E-state index is 0.0447. The molecule has 0 radical (unpaired) electrons. The van der Waals surface area contributed by atoms with Crippen molar-refractivity contribution in [2.75, 3.05) is 6.61 Å². The Balaban J connectivity index is 2.93. The molecular weight excluding hydrogens is 196 g/mol. The Labute approximate surface area is 87.9 Å². The molecule has 0 aromatic carbocycles. The number of hydrogen-bond acceptors (Lipinski definition) is 4. The summed E-state index contributed by atoms with van der Waals surface area (Å²) in [5, 5.41) is 0. The van der Waals surface area contributed by atoms with Crippen LogP contribution in [-0.4, -0.2) is 12.6 Å². The quantitative estimate of drug-likeness (QED) is 0.710. The molecule has 0 saturated carbocycles. The van der Waals surface area contributed by atoms with E-state index in [1.54, 1.807) is 13.0 Å². The Bertz CT molecular complexity index is 392. The first kappa shape index (κ1) is 11.5. The van der Waals surface area contributed by atoms with Crippen LogP contribution in [0, 0.1) is 0 Å². The molecule has 15 heavy (non-hydrogen) atoms. The fraction of sp³-hybridized carbons (Fsp3) is 0.455. The predicted octanol–water partition coefficient (Wildman–Crippen LogP) is 1.77. The Morgan fingerprint density at radius 3 is 2.67 bits per heavy atom. The van der Waals surface area contributed by atoms with Gasteiger partial charge in [0.15, 0.2) is 0 Å². The SMILES string of the molecule is CCCc1ccc(C(=O)OCC)c(=O)o1. The Morgan fingerprint density at radius 1 is 1.40 bits per heavy atom. The van der Waals surface area contributed by atoms with Gasteiger partial charge in [0.1, 0.15) is 11.3 Å². The van der Waals surface area contributed by atoms with Crippen molar-refractivity contribution in [1.82, 2.24) is 0 Å². The molecule has 0 spiro atoms. The third-order valence-electron chi connectivity index (χ3n) is 1.87. The van der Waals surface area contributed by atoms with E-state index in [9.17, 15) is 9.59 Å². The Hall–Kier alpha value is -1.58. The fourth-order valence-corrected chi connectivity index (χ4v) is 1.19. The number of aryl methyl sites for hydroxylation is 1. The van der Waals surface area contributed by atoms with Gasteiger partial charge in [0.2, 0.25) is 0 Å². The van der Waals surface area contributed by atoms with Gasteiger partial charge in [0, 0.05) is 6.42 Å². The highest BCUT2D eigenvalue weighted by atomic mass is 16.5. The highest BCUT2D eigenvalue weighted by Crippen LogP contribution is 2.03. The zero-order valence-corrected chi connectivity index (χ0v) is 8.91. The van der Waals surface area contributed by atoms with Crippen molar-refractivity contribution in [3.8, 4) is 0 Å². The van der Waals surface area contributed by atoms with Crippen LogP contribution in [0.2, 0.25) is 0 Å². The number of rotatable bonds is 4. The van der Waals surface area contributed by atoms with Gasteiger partial charge in [0.05, 0.1) is 6.61 Å². The standard InChI is InChI=1S/C11H14O4/c1-3-5-8-6-7-9(11(13)15-8)10(12)14-4-2/h6-7H,3-5H2,1-2H3. The molecule has 1 aromatic heterocycles. The second-order valence-corrected chi connectivity index (χ2v) is 3.07. The number of ether oxygens (including phenoxy) is 1. The van der Waals surface area contributed by atoms with Crippen molar-refractivity contribution < 1.29 is 13.9 Å². The molecular formula is C11H14O4. The Kier molecular flexibility index (Phi) is 4.09. The van der Waals surface area contributed by atoms with Gasteiger partial charge in [0.25, 0.3) is 0 Å². The van der Waals surface area contributed by atoms with Crippen LogP contribution in [0.15, 0.2) is 21.3 Å². The lowest BCUT2D eigenvalue weighted by atomic mass is 10.2. The summed E-state index contributed by atoms with van der Waals surface area (Å²) in [5.74, 6) is -0.0372. The molecule has 4 nitrogen and oxygen atoms in total. The van der Waals surface area contributed by atoms with E-state index < -0.39 is 11.6 Å². The second kappa shape index (κ2) is 5.34. The van der Waals surface area contributed by atoms with E-state index in [1.807, 2.05) is 6.92 Å². The van der Waals surface area contributed by atoms with Gasteiger partial charge in [-0.2, -0.15) is 0 Å². The van der Waals surface area contributed by atoms with E-state index >= 15 is 0 Å². The van der Waals surface area contributed by atoms with Gasteiger partial charge in [-0.15, -0.1) is 0 Å². The minimum Gasteiger partial charge on any atom is -0.462 e. The average molecular weight is 210 g/mol. The van der Waals surface area contributed by atoms with Gasteiger partial charge in [-0.3, -0.25) is 0 Å². The van der Waals surface area contributed by atoms with Gasteiger partial charge in [-0.1, -0.05) is 6.92 Å². The first-order valence-corrected chi connectivity index (χ1v) is 4.99. The smallest absolute Gasteiger partial charge is 0.350 e. The molecule has 0 aliphatic rings. The third kappa shape index (κ3) is 2.94. The molecule has 0 aliphatic heterocycles. The summed E-state index contributed by atoms with van der Waals surface area (Å²) in [6, 6.07) is 3.09. The van der Waals surface area contributed by atoms with Crippen LogP contribution >= 0.6 is 0 Å². The monoisotopic (exact) mass is 210 g/mol. The van der Waals surface area contributed by atoms with E-state index in [0.717, 1.165) is 6.42 Å². The summed E-state index contributed by atoms with van der Waals surface area (Å²) in [6.07, 6.45) is 1.58. The summed E-state index contributed by atoms with van der Waals surface area (Å²) in [7, 11) is 0. The number of hydrogen-bond donors (Lipinski definition) is 0. The first-order chi connectivity index (χ1) is 7.19. The molecule has 82 valence electrons. The fourth-order valence-electron chi connectivity index (χ4n) is 1.19. The predicted molar refractivity (Wildman–Crippen MR) is 54.9 cm³/mol. The molecule has 0 bridgehead atoms. The molecule has 1 rings (SSSR count). The van der Waals surface area contributed by atoms with Crippen molar-refractivity contribution in [2.45, 2.75) is 26.7 Å². The second-order valence-electron chi connectivity index (χ2n) is 3.07. The summed E-state index contributed by atoms with van der Waals surface area (Å²) in [5.41, 5.74) is -0.670. The average Bonchev–Trinajstić information content (AvgIpc) is 2.18. The molecule has 0 N–H and O–H groups in total. The van der Waals surface area contributed by atoms with E-state index in [-0.39, 0.29) is 12.2 Å². The molecule has 0 fully saturated rings. The van der Waals surface area contributed by atoms with Crippen molar-refractivity contribution in [3.63, 3.8) is 0 Å². The molecule has 0 amide bonds. The van der Waals surface area contributed by atoms with Crippen molar-refractivity contribution in [2.24, 2.45) is 0 Å². The Morgan fingerprint density at radius 2 is 2.13 bits per heavy atom. The van der Waals surface area contributed by atoms with Crippen LogP contribution in [-0.2, 0) is 11.2 Å². The van der Waals surface area contributed by atoms with E-state index in [0.29, 0.717) is 12.2 Å². The first-order valence-electron chi connectivity index (χ1n) is 4.99. The number of carbonyl (C=O) groups excluding carboxylic acids is 1. The number of esters is 1. The minimum atomic E-state index is -0.630. The largest absolute Gasteiger partial charge is 0.462 e. The van der Waals surface area contributed by atoms with E-state index in [2.05, 4.69) is 0 Å². The maximum atomic E-state index is 11.4. The lowest BCUT2D eigenvalue weighted by Crippen LogP contribution is -2.16. The molecule has 4 heteroatoms. The number of carbonyl (C=O) groups is 1. The lowest BCUT2D eigenvalue weighted by molar-refractivity contribution is 0.0521. The third-order valence-corrected chi connectivity index (χ3v) is 1.87. The highest BCUT2D eigenvalue weighted by molar-refractivity contribution is 5.88. The summed E-state index contributed by atoms with van der Waals surface area (Å²) >= 11 is 0. The van der Waals surface area contributed by atoms with Gasteiger partial charge < -0.3 is 9.15 Å². The van der Waals surface area contributed by atoms with Crippen LogP contribution < -0.4 is 5.63 Å². The van der Waals surface area contributed by atoms with Crippen LogP contribution in [0.4, 0.5) is 0 Å². The zero-order valence-electron chi connectivity index (χ0n) is 8.91. The normalized spacial score (nSPS) is 10.0. The summed E-state index contributed by atoms with van der Waals surface area (Å²) < 4.78 is 9.67. The van der Waals surface area contributed by atoms with Gasteiger partial charge >= 0.3 is 11.6 Å². The maximum Gasteiger partial charge on any atom is 0.350 e. The highest BCUT2D eigenvalue weighted by Gasteiger charge is 2.12. The molecule has 1 aromatic rings. The van der Waals surface area contributed by atoms with E-state index in [1.165, 1.54) is 6.07 Å². The lowest BCUT2D eigenvalue weighted by Gasteiger charge is -2.01. The molecule has 0 unspecified atom stereocenters. The summed E-state index contributed by atoms with van der Waals surface area (Å²) in [4.78, 5) is 22.6. The molecule has 0 aliphatic carbocycles. The van der Waals surface area contributed by atoms with E-state index in [4.69, 9.17) is 9.15 Å². The van der Waals surface area contributed by atoms with Gasteiger partial charge in [-0.25, -0.2) is 9.59 Å². The van der Waals surface area contributed by atoms with Crippen molar-refractivity contribution in [3.05, 3.63) is 33.9 Å². The topological polar surface area (TPSA) is 56.5 Å². The molecule has 1 heterocycles. The van der Waals surface area contributed by atoms with Crippen LogP contribution in [0.3, 0.4) is 0 Å². The van der Waals surface area contributed by atoms with Gasteiger partial charge in [-0.05, 0) is 25.5 Å². The van der Waals surface area contributed by atoms with Crippen LogP contribution in [0.5, 0.6) is 0 Å². The molecule has 0 atom stereocenters. The maximum absolute atomic E-state index is 11.4. The van der Waals surface area contributed by atoms with Crippen LogP contribution in [0.25, 0.3) is 0 Å². The summed E-state index contributed by atoms with van der Waals surface area (Å²) in [6.45, 7) is 3.92. The zero-order chi connectivity index (χ0) is 11.3. The van der Waals surface area contributed by atoms with Crippen LogP contribution in [0.1, 0.15) is 36.4 Å². The molecule has 0 saturated heterocycles. The van der Waals surface area contributed by atoms with Crippen molar-refractivity contribution in [1.29, 1.82) is 0 Å². The van der Waals surface area contributed by atoms with Crippen molar-refractivity contribution >= 4 is 5.97 Å².